The summed E-state index contributed by atoms with van der Waals surface area (Å²) in [4.78, 5) is 0. The van der Waals surface area contributed by atoms with Crippen molar-refractivity contribution >= 4 is 0 Å². The molecule has 0 aliphatic heterocycles. The van der Waals surface area contributed by atoms with Crippen molar-refractivity contribution in [2.45, 2.75) is 39.7 Å². The fourth-order valence-electron chi connectivity index (χ4n) is 1.46. The first-order valence-corrected chi connectivity index (χ1v) is 5.05. The molecule has 1 unspecified atom stereocenters. The van der Waals surface area contributed by atoms with Crippen LogP contribution in [0.1, 0.15) is 43.5 Å². The third-order valence-corrected chi connectivity index (χ3v) is 2.42. The Labute approximate surface area is 81.0 Å². The molecule has 0 heterocycles. The molecule has 1 atom stereocenters. The van der Waals surface area contributed by atoms with Crippen LogP contribution in [0.25, 0.3) is 0 Å². The number of rotatable bonds is 3. The lowest BCUT2D eigenvalue weighted by Gasteiger charge is -2.10. The van der Waals surface area contributed by atoms with Gasteiger partial charge < -0.3 is 5.73 Å². The van der Waals surface area contributed by atoms with Gasteiger partial charge >= 0.3 is 0 Å². The zero-order valence-electron chi connectivity index (χ0n) is 8.80. The highest BCUT2D eigenvalue weighted by atomic mass is 14.6. The SMILES string of the molecule is CCc1cc(CC)cc(C(C)N)c1. The molecular formula is C12H19N. The predicted molar refractivity (Wildman–Crippen MR) is 57.8 cm³/mol. The molecular weight excluding hydrogens is 158 g/mol. The van der Waals surface area contributed by atoms with Crippen molar-refractivity contribution in [2.24, 2.45) is 5.73 Å². The van der Waals surface area contributed by atoms with Gasteiger partial charge in [0.1, 0.15) is 0 Å². The van der Waals surface area contributed by atoms with Crippen LogP contribution in [0.15, 0.2) is 18.2 Å². The smallest absolute Gasteiger partial charge is 0.0266 e. The molecule has 1 aromatic carbocycles. The number of nitrogens with two attached hydrogens (primary N) is 1. The number of benzene rings is 1. The van der Waals surface area contributed by atoms with Crippen LogP contribution in [0, 0.1) is 0 Å². The van der Waals surface area contributed by atoms with Crippen molar-refractivity contribution in [1.82, 2.24) is 0 Å². The molecule has 1 aromatic rings. The van der Waals surface area contributed by atoms with Crippen LogP contribution in [0.4, 0.5) is 0 Å². The second-order valence-corrected chi connectivity index (χ2v) is 3.58. The molecule has 0 bridgehead atoms. The van der Waals surface area contributed by atoms with Crippen LogP contribution < -0.4 is 5.73 Å². The van der Waals surface area contributed by atoms with E-state index in [0.29, 0.717) is 0 Å². The van der Waals surface area contributed by atoms with E-state index in [2.05, 4.69) is 32.0 Å². The topological polar surface area (TPSA) is 26.0 Å². The van der Waals surface area contributed by atoms with Gasteiger partial charge in [-0.05, 0) is 36.5 Å². The highest BCUT2D eigenvalue weighted by molar-refractivity contribution is 5.31. The maximum absolute atomic E-state index is 5.86. The minimum Gasteiger partial charge on any atom is -0.324 e. The molecule has 0 spiro atoms. The highest BCUT2D eigenvalue weighted by Gasteiger charge is 2.02. The molecule has 0 saturated heterocycles. The summed E-state index contributed by atoms with van der Waals surface area (Å²) in [6.07, 6.45) is 2.18. The molecule has 0 aliphatic rings. The molecule has 13 heavy (non-hydrogen) atoms. The van der Waals surface area contributed by atoms with Crippen molar-refractivity contribution < 1.29 is 0 Å². The fraction of sp³-hybridized carbons (Fsp3) is 0.500. The van der Waals surface area contributed by atoms with Crippen LogP contribution in [-0.4, -0.2) is 0 Å². The Kier molecular flexibility index (Phi) is 3.49. The van der Waals surface area contributed by atoms with E-state index in [1.165, 1.54) is 16.7 Å². The van der Waals surface area contributed by atoms with E-state index in [4.69, 9.17) is 5.73 Å². The third kappa shape index (κ3) is 2.56. The molecule has 0 aromatic heterocycles. The Morgan fingerprint density at radius 1 is 1.08 bits per heavy atom. The van der Waals surface area contributed by atoms with E-state index >= 15 is 0 Å². The lowest BCUT2D eigenvalue weighted by molar-refractivity contribution is 0.812. The minimum absolute atomic E-state index is 0.150. The minimum atomic E-state index is 0.150. The summed E-state index contributed by atoms with van der Waals surface area (Å²) in [7, 11) is 0. The average Bonchev–Trinajstić information content (AvgIpc) is 2.16. The highest BCUT2D eigenvalue weighted by Crippen LogP contribution is 2.16. The molecule has 0 aliphatic carbocycles. The zero-order chi connectivity index (χ0) is 9.84. The summed E-state index contributed by atoms with van der Waals surface area (Å²) in [5.74, 6) is 0. The Morgan fingerprint density at radius 2 is 1.54 bits per heavy atom. The lowest BCUT2D eigenvalue weighted by Crippen LogP contribution is -2.06. The van der Waals surface area contributed by atoms with Gasteiger partial charge in [-0.2, -0.15) is 0 Å². The summed E-state index contributed by atoms with van der Waals surface area (Å²) < 4.78 is 0. The van der Waals surface area contributed by atoms with Crippen LogP contribution in [0.3, 0.4) is 0 Å². The van der Waals surface area contributed by atoms with Gasteiger partial charge in [0.2, 0.25) is 0 Å². The van der Waals surface area contributed by atoms with E-state index < -0.39 is 0 Å². The summed E-state index contributed by atoms with van der Waals surface area (Å²) in [5, 5.41) is 0. The fourth-order valence-corrected chi connectivity index (χ4v) is 1.46. The number of hydrogen-bond donors (Lipinski definition) is 1. The summed E-state index contributed by atoms with van der Waals surface area (Å²) in [6.45, 7) is 6.40. The van der Waals surface area contributed by atoms with E-state index in [9.17, 15) is 0 Å². The lowest BCUT2D eigenvalue weighted by atomic mass is 9.99. The number of hydrogen-bond acceptors (Lipinski definition) is 1. The molecule has 1 nitrogen and oxygen atoms in total. The molecule has 0 radical (unpaired) electrons. The van der Waals surface area contributed by atoms with Crippen molar-refractivity contribution in [2.75, 3.05) is 0 Å². The molecule has 1 rings (SSSR count). The Hall–Kier alpha value is -0.820. The van der Waals surface area contributed by atoms with Gasteiger partial charge in [-0.15, -0.1) is 0 Å². The first kappa shape index (κ1) is 10.3. The summed E-state index contributed by atoms with van der Waals surface area (Å²) >= 11 is 0. The Balaban J connectivity index is 3.07. The van der Waals surface area contributed by atoms with Gasteiger partial charge in [0.05, 0.1) is 0 Å². The summed E-state index contributed by atoms with van der Waals surface area (Å²) in [5.41, 5.74) is 9.91. The van der Waals surface area contributed by atoms with Crippen LogP contribution in [-0.2, 0) is 12.8 Å². The van der Waals surface area contributed by atoms with Crippen LogP contribution in [0.2, 0.25) is 0 Å². The zero-order valence-corrected chi connectivity index (χ0v) is 8.80. The van der Waals surface area contributed by atoms with Gasteiger partial charge in [-0.1, -0.05) is 32.0 Å². The van der Waals surface area contributed by atoms with Crippen molar-refractivity contribution in [3.05, 3.63) is 34.9 Å². The van der Waals surface area contributed by atoms with Crippen molar-refractivity contribution in [3.63, 3.8) is 0 Å². The normalized spacial score (nSPS) is 12.9. The number of aryl methyl sites for hydroxylation is 2. The van der Waals surface area contributed by atoms with Gasteiger partial charge in [0.25, 0.3) is 0 Å². The Morgan fingerprint density at radius 3 is 1.85 bits per heavy atom. The standard InChI is InChI=1S/C12H19N/c1-4-10-6-11(5-2)8-12(7-10)9(3)13/h6-9H,4-5,13H2,1-3H3. The van der Waals surface area contributed by atoms with Gasteiger partial charge in [0.15, 0.2) is 0 Å². The molecule has 1 heteroatoms. The average molecular weight is 177 g/mol. The molecule has 0 amide bonds. The molecule has 72 valence electrons. The van der Waals surface area contributed by atoms with Gasteiger partial charge in [-0.3, -0.25) is 0 Å². The maximum atomic E-state index is 5.86. The monoisotopic (exact) mass is 177 g/mol. The maximum Gasteiger partial charge on any atom is 0.0266 e. The van der Waals surface area contributed by atoms with E-state index in [1.54, 1.807) is 0 Å². The van der Waals surface area contributed by atoms with Crippen molar-refractivity contribution in [3.8, 4) is 0 Å². The largest absolute Gasteiger partial charge is 0.324 e. The van der Waals surface area contributed by atoms with Gasteiger partial charge in [-0.25, -0.2) is 0 Å². The predicted octanol–water partition coefficient (Wildman–Crippen LogP) is 2.83. The molecule has 0 fully saturated rings. The third-order valence-electron chi connectivity index (χ3n) is 2.42. The van der Waals surface area contributed by atoms with E-state index in [0.717, 1.165) is 12.8 Å². The quantitative estimate of drug-likeness (QED) is 0.755. The van der Waals surface area contributed by atoms with E-state index in [1.807, 2.05) is 6.92 Å². The first-order valence-electron chi connectivity index (χ1n) is 5.05. The Bertz CT molecular complexity index is 254. The second kappa shape index (κ2) is 4.43. The molecule has 2 N–H and O–H groups in total. The van der Waals surface area contributed by atoms with E-state index in [-0.39, 0.29) is 6.04 Å². The van der Waals surface area contributed by atoms with Crippen LogP contribution >= 0.6 is 0 Å². The second-order valence-electron chi connectivity index (χ2n) is 3.58. The van der Waals surface area contributed by atoms with Gasteiger partial charge in [0, 0.05) is 6.04 Å². The van der Waals surface area contributed by atoms with Crippen LogP contribution in [0.5, 0.6) is 0 Å². The first-order chi connectivity index (χ1) is 6.17. The van der Waals surface area contributed by atoms with Crippen molar-refractivity contribution in [1.29, 1.82) is 0 Å². The summed E-state index contributed by atoms with van der Waals surface area (Å²) in [6, 6.07) is 6.84. The molecule has 0 saturated carbocycles.